The van der Waals surface area contributed by atoms with Crippen molar-refractivity contribution in [2.45, 2.75) is 56.5 Å². The molecule has 1 aromatic carbocycles. The fraction of sp³-hybridized carbons (Fsp3) is 0.591. The van der Waals surface area contributed by atoms with Crippen LogP contribution in [0.1, 0.15) is 32.1 Å². The molecule has 0 N–H and O–H groups in total. The van der Waals surface area contributed by atoms with Gasteiger partial charge < -0.3 is 14.2 Å². The molecule has 0 radical (unpaired) electrons. The molecule has 4 rings (SSSR count). The Labute approximate surface area is 162 Å². The van der Waals surface area contributed by atoms with Crippen LogP contribution in [0, 0.1) is 5.41 Å². The van der Waals surface area contributed by atoms with Crippen molar-refractivity contribution < 1.29 is 19.0 Å². The van der Waals surface area contributed by atoms with Gasteiger partial charge >= 0.3 is 5.97 Å². The lowest BCUT2D eigenvalue weighted by Gasteiger charge is -2.55. The number of esters is 1. The van der Waals surface area contributed by atoms with E-state index in [2.05, 4.69) is 49.5 Å². The number of carbonyl (C=O) groups excluding carboxylic acids is 1. The Hall–Kier alpha value is -1.43. The lowest BCUT2D eigenvalue weighted by molar-refractivity contribution is -0.186. The third-order valence-corrected chi connectivity index (χ3v) is 11.3. The normalized spacial score (nSPS) is 29.9. The highest BCUT2D eigenvalue weighted by atomic mass is 28.3. The molecule has 1 saturated heterocycles. The first-order valence-electron chi connectivity index (χ1n) is 10.1. The Balaban J connectivity index is 1.86. The van der Waals surface area contributed by atoms with Crippen molar-refractivity contribution in [1.29, 1.82) is 0 Å². The van der Waals surface area contributed by atoms with E-state index in [0.717, 1.165) is 25.7 Å². The van der Waals surface area contributed by atoms with Crippen LogP contribution in [-0.4, -0.2) is 40.2 Å². The molecule has 0 unspecified atom stereocenters. The zero-order valence-electron chi connectivity index (χ0n) is 16.6. The van der Waals surface area contributed by atoms with Crippen LogP contribution < -0.4 is 5.19 Å². The number of methoxy groups -OCH3 is 1. The smallest absolute Gasteiger partial charge is 0.315 e. The van der Waals surface area contributed by atoms with Crippen LogP contribution in [0.4, 0.5) is 0 Å². The topological polar surface area (TPSA) is 44.8 Å². The average molecular weight is 387 g/mol. The molecule has 146 valence electrons. The summed E-state index contributed by atoms with van der Waals surface area (Å²) in [6.45, 7) is 6.05. The second-order valence-electron chi connectivity index (χ2n) is 8.71. The van der Waals surface area contributed by atoms with Gasteiger partial charge in [0, 0.05) is 12.8 Å². The Morgan fingerprint density at radius 2 is 1.89 bits per heavy atom. The van der Waals surface area contributed by atoms with Gasteiger partial charge in [0.2, 0.25) is 0 Å². The third-order valence-electron chi connectivity index (χ3n) is 7.06. The van der Waals surface area contributed by atoms with Crippen LogP contribution in [0.2, 0.25) is 18.6 Å². The van der Waals surface area contributed by atoms with E-state index < -0.39 is 19.3 Å². The summed E-state index contributed by atoms with van der Waals surface area (Å²) in [7, 11) is -0.501. The third kappa shape index (κ3) is 2.91. The predicted octanol–water partition coefficient (Wildman–Crippen LogP) is 3.78. The minimum atomic E-state index is -2.03. The largest absolute Gasteiger partial charge is 0.468 e. The van der Waals surface area contributed by atoms with Crippen LogP contribution in [0.5, 0.6) is 0 Å². The molecule has 0 amide bonds. The van der Waals surface area contributed by atoms with Gasteiger partial charge in [0.1, 0.15) is 0 Å². The van der Waals surface area contributed by atoms with Gasteiger partial charge in [0.15, 0.2) is 5.79 Å². The Bertz CT molecular complexity index is 736. The van der Waals surface area contributed by atoms with E-state index in [0.29, 0.717) is 19.6 Å². The second kappa shape index (κ2) is 6.87. The summed E-state index contributed by atoms with van der Waals surface area (Å²) >= 11 is 0. The first kappa shape index (κ1) is 18.9. The van der Waals surface area contributed by atoms with Crippen LogP contribution in [0.15, 0.2) is 42.0 Å². The molecule has 2 fully saturated rings. The molecule has 1 aromatic rings. The van der Waals surface area contributed by atoms with Crippen molar-refractivity contribution in [1.82, 2.24) is 0 Å². The van der Waals surface area contributed by atoms with Crippen molar-refractivity contribution in [3.8, 4) is 0 Å². The zero-order chi connectivity index (χ0) is 19.1. The van der Waals surface area contributed by atoms with E-state index in [1.54, 1.807) is 0 Å². The summed E-state index contributed by atoms with van der Waals surface area (Å²) in [6, 6.07) is 10.7. The van der Waals surface area contributed by atoms with Crippen LogP contribution in [0.25, 0.3) is 0 Å². The number of allylic oxidation sites excluding steroid dienone is 1. The molecule has 5 heteroatoms. The lowest BCUT2D eigenvalue weighted by Crippen LogP contribution is -2.61. The summed E-state index contributed by atoms with van der Waals surface area (Å²) < 4.78 is 17.7. The number of fused-ring (bicyclic) bond motifs is 1. The first-order valence-corrected chi connectivity index (χ1v) is 13.1. The Kier molecular flexibility index (Phi) is 4.81. The lowest BCUT2D eigenvalue weighted by atomic mass is 9.62. The Morgan fingerprint density at radius 1 is 1.19 bits per heavy atom. The molecular formula is C22H30O4Si. The number of benzene rings is 1. The molecule has 2 aliphatic carbocycles. The monoisotopic (exact) mass is 386 g/mol. The highest BCUT2D eigenvalue weighted by molar-refractivity contribution is 6.91. The molecule has 1 aliphatic heterocycles. The quantitative estimate of drug-likeness (QED) is 0.451. The van der Waals surface area contributed by atoms with Crippen molar-refractivity contribution in [2.75, 3.05) is 20.3 Å². The van der Waals surface area contributed by atoms with Gasteiger partial charge in [0.05, 0.1) is 33.8 Å². The van der Waals surface area contributed by atoms with Crippen molar-refractivity contribution in [2.24, 2.45) is 5.41 Å². The molecule has 1 spiro atoms. The number of hydrogen-bond acceptors (Lipinski definition) is 4. The first-order chi connectivity index (χ1) is 12.9. The summed E-state index contributed by atoms with van der Waals surface area (Å²) in [4.78, 5) is 13.3. The van der Waals surface area contributed by atoms with E-state index in [1.165, 1.54) is 17.9 Å². The number of rotatable bonds is 3. The molecule has 27 heavy (non-hydrogen) atoms. The van der Waals surface area contributed by atoms with E-state index in [1.807, 2.05) is 0 Å². The van der Waals surface area contributed by atoms with Gasteiger partial charge in [-0.3, -0.25) is 4.79 Å². The van der Waals surface area contributed by atoms with Crippen molar-refractivity contribution >= 4 is 19.2 Å². The number of ether oxygens (including phenoxy) is 3. The SMILES string of the molecule is COC(=O)[C@@]12CCCC=C1CC1(C[C@H]2[Si](C)(C)c2ccccc2)OCCO1. The van der Waals surface area contributed by atoms with Crippen molar-refractivity contribution in [3.05, 3.63) is 42.0 Å². The molecule has 4 nitrogen and oxygen atoms in total. The van der Waals surface area contributed by atoms with Gasteiger partial charge in [-0.1, -0.05) is 60.3 Å². The maximum absolute atomic E-state index is 13.3. The summed E-state index contributed by atoms with van der Waals surface area (Å²) in [6.07, 6.45) is 6.66. The molecule has 0 bridgehead atoms. The molecule has 2 atom stereocenters. The van der Waals surface area contributed by atoms with Crippen LogP contribution in [-0.2, 0) is 19.0 Å². The summed E-state index contributed by atoms with van der Waals surface area (Å²) in [5, 5.41) is 1.37. The van der Waals surface area contributed by atoms with Crippen molar-refractivity contribution in [3.63, 3.8) is 0 Å². The van der Waals surface area contributed by atoms with E-state index in [9.17, 15) is 4.79 Å². The minimum Gasteiger partial charge on any atom is -0.468 e. The molecule has 0 aromatic heterocycles. The number of hydrogen-bond donors (Lipinski definition) is 0. The maximum atomic E-state index is 13.3. The standard InChI is InChI=1S/C22H30O4Si/c1-24-20(23)22-12-8-7-9-17(22)15-21(25-13-14-26-21)16-19(22)27(2,3)18-10-5-4-6-11-18/h4-6,9-11,19H,7-8,12-16H2,1-3H3/t19-,22+/m1/s1. The fourth-order valence-corrected chi connectivity index (χ4v) is 9.64. The van der Waals surface area contributed by atoms with Gasteiger partial charge in [-0.15, -0.1) is 0 Å². The summed E-state index contributed by atoms with van der Waals surface area (Å²) in [5.41, 5.74) is 0.840. The van der Waals surface area contributed by atoms with E-state index >= 15 is 0 Å². The molecule has 1 saturated carbocycles. The summed E-state index contributed by atoms with van der Waals surface area (Å²) in [5.74, 6) is -0.632. The molecule has 3 aliphatic rings. The fourth-order valence-electron chi connectivity index (χ4n) is 5.69. The van der Waals surface area contributed by atoms with Gasteiger partial charge in [0.25, 0.3) is 0 Å². The zero-order valence-corrected chi connectivity index (χ0v) is 17.6. The number of carbonyl (C=O) groups is 1. The minimum absolute atomic E-state index is 0.0668. The highest BCUT2D eigenvalue weighted by Gasteiger charge is 2.63. The van der Waals surface area contributed by atoms with E-state index in [4.69, 9.17) is 14.2 Å². The van der Waals surface area contributed by atoms with Gasteiger partial charge in [-0.05, 0) is 24.8 Å². The Morgan fingerprint density at radius 3 is 2.56 bits per heavy atom. The second-order valence-corrected chi connectivity index (χ2v) is 13.4. The molecular weight excluding hydrogens is 356 g/mol. The highest BCUT2D eigenvalue weighted by Crippen LogP contribution is 2.61. The van der Waals surface area contributed by atoms with E-state index in [-0.39, 0.29) is 11.5 Å². The maximum Gasteiger partial charge on any atom is 0.315 e. The van der Waals surface area contributed by atoms with Crippen LogP contribution >= 0.6 is 0 Å². The molecule has 1 heterocycles. The predicted molar refractivity (Wildman–Crippen MR) is 108 cm³/mol. The van der Waals surface area contributed by atoms with Crippen LogP contribution in [0.3, 0.4) is 0 Å². The van der Waals surface area contributed by atoms with Gasteiger partial charge in [-0.25, -0.2) is 0 Å². The van der Waals surface area contributed by atoms with Gasteiger partial charge in [-0.2, -0.15) is 0 Å². The average Bonchev–Trinajstić information content (AvgIpc) is 3.15.